The summed E-state index contributed by atoms with van der Waals surface area (Å²) in [6, 6.07) is 8.76. The average molecular weight is 284 g/mol. The van der Waals surface area contributed by atoms with E-state index in [4.69, 9.17) is 14.7 Å². The fourth-order valence-corrected chi connectivity index (χ4v) is 1.76. The lowest BCUT2D eigenvalue weighted by atomic mass is 10.2. The van der Waals surface area contributed by atoms with Crippen molar-refractivity contribution in [2.45, 2.75) is 13.8 Å². The number of nitriles is 1. The molecule has 0 aliphatic carbocycles. The molecule has 0 unspecified atom stereocenters. The summed E-state index contributed by atoms with van der Waals surface area (Å²) in [4.78, 5) is 8.53. The van der Waals surface area contributed by atoms with Gasteiger partial charge in [0, 0.05) is 24.4 Å². The van der Waals surface area contributed by atoms with Crippen LogP contribution in [0.25, 0.3) is 0 Å². The van der Waals surface area contributed by atoms with Gasteiger partial charge >= 0.3 is 0 Å². The van der Waals surface area contributed by atoms with E-state index in [1.807, 2.05) is 13.8 Å². The monoisotopic (exact) mass is 284 g/mol. The van der Waals surface area contributed by atoms with Gasteiger partial charge in [-0.3, -0.25) is 0 Å². The standard InChI is InChI=1S/C15H16N4O2/c1-4-17-15-18-10(2)7-14(19-15)21-12-6-5-11(9-16)8-13(12)20-3/h5-8H,4H2,1-3H3,(H,17,18,19). The van der Waals surface area contributed by atoms with Gasteiger partial charge in [-0.2, -0.15) is 10.2 Å². The van der Waals surface area contributed by atoms with Crippen molar-refractivity contribution in [1.82, 2.24) is 9.97 Å². The van der Waals surface area contributed by atoms with Crippen LogP contribution in [0.4, 0.5) is 5.95 Å². The molecule has 2 rings (SSSR count). The highest BCUT2D eigenvalue weighted by molar-refractivity contribution is 5.48. The maximum atomic E-state index is 8.89. The number of anilines is 1. The third-order valence-corrected chi connectivity index (χ3v) is 2.67. The number of rotatable bonds is 5. The molecular formula is C15H16N4O2. The molecule has 1 aromatic carbocycles. The van der Waals surface area contributed by atoms with Gasteiger partial charge in [0.1, 0.15) is 0 Å². The lowest BCUT2D eigenvalue weighted by molar-refractivity contribution is 0.374. The van der Waals surface area contributed by atoms with E-state index in [9.17, 15) is 0 Å². The normalized spacial score (nSPS) is 9.81. The van der Waals surface area contributed by atoms with Crippen molar-refractivity contribution >= 4 is 5.95 Å². The van der Waals surface area contributed by atoms with Gasteiger partial charge in [-0.25, -0.2) is 4.98 Å². The van der Waals surface area contributed by atoms with Gasteiger partial charge < -0.3 is 14.8 Å². The number of hydrogen-bond acceptors (Lipinski definition) is 6. The first-order valence-corrected chi connectivity index (χ1v) is 6.51. The third-order valence-electron chi connectivity index (χ3n) is 2.67. The number of aromatic nitrogens is 2. The van der Waals surface area contributed by atoms with Crippen molar-refractivity contribution in [2.24, 2.45) is 0 Å². The van der Waals surface area contributed by atoms with Gasteiger partial charge in [-0.15, -0.1) is 0 Å². The number of hydrogen-bond donors (Lipinski definition) is 1. The summed E-state index contributed by atoms with van der Waals surface area (Å²) in [5.74, 6) is 1.91. The molecule has 0 saturated heterocycles. The zero-order chi connectivity index (χ0) is 15.2. The molecule has 1 N–H and O–H groups in total. The molecule has 0 aliphatic heterocycles. The van der Waals surface area contributed by atoms with Gasteiger partial charge in [-0.1, -0.05) is 0 Å². The fraction of sp³-hybridized carbons (Fsp3) is 0.267. The minimum atomic E-state index is 0.418. The van der Waals surface area contributed by atoms with E-state index in [2.05, 4.69) is 21.4 Å². The summed E-state index contributed by atoms with van der Waals surface area (Å²) in [5.41, 5.74) is 1.30. The third kappa shape index (κ3) is 3.60. The maximum absolute atomic E-state index is 8.89. The Morgan fingerprint density at radius 2 is 2.05 bits per heavy atom. The molecule has 0 aliphatic rings. The van der Waals surface area contributed by atoms with Gasteiger partial charge in [-0.05, 0) is 26.0 Å². The van der Waals surface area contributed by atoms with Crippen LogP contribution in [-0.2, 0) is 0 Å². The van der Waals surface area contributed by atoms with Crippen molar-refractivity contribution in [2.75, 3.05) is 19.0 Å². The Labute approximate surface area is 123 Å². The predicted molar refractivity (Wildman–Crippen MR) is 78.7 cm³/mol. The molecule has 108 valence electrons. The van der Waals surface area contributed by atoms with Crippen molar-refractivity contribution in [3.8, 4) is 23.4 Å². The van der Waals surface area contributed by atoms with Crippen LogP contribution in [0.2, 0.25) is 0 Å². The van der Waals surface area contributed by atoms with Gasteiger partial charge in [0.2, 0.25) is 11.8 Å². The van der Waals surface area contributed by atoms with E-state index in [1.165, 1.54) is 7.11 Å². The lowest BCUT2D eigenvalue weighted by Gasteiger charge is -2.11. The van der Waals surface area contributed by atoms with E-state index in [1.54, 1.807) is 24.3 Å². The summed E-state index contributed by atoms with van der Waals surface area (Å²) >= 11 is 0. The van der Waals surface area contributed by atoms with E-state index in [0.29, 0.717) is 28.9 Å². The molecule has 1 aromatic heterocycles. The Morgan fingerprint density at radius 1 is 1.24 bits per heavy atom. The fourth-order valence-electron chi connectivity index (χ4n) is 1.76. The molecular weight excluding hydrogens is 268 g/mol. The Morgan fingerprint density at radius 3 is 2.71 bits per heavy atom. The topological polar surface area (TPSA) is 80.1 Å². The smallest absolute Gasteiger partial charge is 0.226 e. The Balaban J connectivity index is 2.31. The van der Waals surface area contributed by atoms with E-state index >= 15 is 0 Å². The molecule has 0 saturated carbocycles. The summed E-state index contributed by atoms with van der Waals surface area (Å²) in [7, 11) is 1.53. The maximum Gasteiger partial charge on any atom is 0.226 e. The van der Waals surface area contributed by atoms with E-state index in [0.717, 1.165) is 12.2 Å². The highest BCUT2D eigenvalue weighted by Gasteiger charge is 2.09. The second kappa shape index (κ2) is 6.57. The predicted octanol–water partition coefficient (Wildman–Crippen LogP) is 2.89. The van der Waals surface area contributed by atoms with Crippen LogP contribution in [0.3, 0.4) is 0 Å². The molecule has 0 bridgehead atoms. The summed E-state index contributed by atoms with van der Waals surface area (Å²) in [6.45, 7) is 4.56. The first kappa shape index (κ1) is 14.6. The van der Waals surface area contributed by atoms with Crippen LogP contribution in [0.5, 0.6) is 17.4 Å². The summed E-state index contributed by atoms with van der Waals surface area (Å²) in [6.07, 6.45) is 0. The molecule has 1 heterocycles. The quantitative estimate of drug-likeness (QED) is 0.909. The second-order valence-electron chi connectivity index (χ2n) is 4.28. The molecule has 6 heteroatoms. The minimum Gasteiger partial charge on any atom is -0.493 e. The zero-order valence-corrected chi connectivity index (χ0v) is 12.2. The number of ether oxygens (including phenoxy) is 2. The highest BCUT2D eigenvalue weighted by atomic mass is 16.5. The van der Waals surface area contributed by atoms with Crippen LogP contribution < -0.4 is 14.8 Å². The van der Waals surface area contributed by atoms with Crippen LogP contribution in [0, 0.1) is 18.3 Å². The molecule has 2 aromatic rings. The lowest BCUT2D eigenvalue weighted by Crippen LogP contribution is -2.04. The second-order valence-corrected chi connectivity index (χ2v) is 4.28. The number of nitrogens with zero attached hydrogens (tertiary/aromatic N) is 3. The van der Waals surface area contributed by atoms with Crippen LogP contribution in [-0.4, -0.2) is 23.6 Å². The summed E-state index contributed by atoms with van der Waals surface area (Å²) in [5, 5.41) is 11.9. The van der Waals surface area contributed by atoms with Crippen LogP contribution in [0.15, 0.2) is 24.3 Å². The average Bonchev–Trinajstić information content (AvgIpc) is 2.47. The van der Waals surface area contributed by atoms with Crippen LogP contribution >= 0.6 is 0 Å². The molecule has 0 atom stereocenters. The molecule has 0 spiro atoms. The summed E-state index contributed by atoms with van der Waals surface area (Å²) < 4.78 is 11.0. The largest absolute Gasteiger partial charge is 0.493 e. The zero-order valence-electron chi connectivity index (χ0n) is 12.2. The van der Waals surface area contributed by atoms with Gasteiger partial charge in [0.15, 0.2) is 11.5 Å². The first-order chi connectivity index (χ1) is 10.2. The number of benzene rings is 1. The van der Waals surface area contributed by atoms with Gasteiger partial charge in [0.05, 0.1) is 18.7 Å². The number of methoxy groups -OCH3 is 1. The number of nitrogens with one attached hydrogen (secondary N) is 1. The van der Waals surface area contributed by atoms with Gasteiger partial charge in [0.25, 0.3) is 0 Å². The Kier molecular flexibility index (Phi) is 4.57. The van der Waals surface area contributed by atoms with Crippen molar-refractivity contribution in [1.29, 1.82) is 5.26 Å². The Bertz CT molecular complexity index is 680. The molecule has 0 amide bonds. The number of aryl methyl sites for hydroxylation is 1. The molecule has 0 radical (unpaired) electrons. The van der Waals surface area contributed by atoms with Crippen molar-refractivity contribution < 1.29 is 9.47 Å². The van der Waals surface area contributed by atoms with E-state index < -0.39 is 0 Å². The van der Waals surface area contributed by atoms with Crippen molar-refractivity contribution in [3.63, 3.8) is 0 Å². The van der Waals surface area contributed by atoms with Crippen molar-refractivity contribution in [3.05, 3.63) is 35.5 Å². The SMILES string of the molecule is CCNc1nc(C)cc(Oc2ccc(C#N)cc2OC)n1. The van der Waals surface area contributed by atoms with E-state index in [-0.39, 0.29) is 0 Å². The molecule has 0 fully saturated rings. The minimum absolute atomic E-state index is 0.418. The van der Waals surface area contributed by atoms with Crippen LogP contribution in [0.1, 0.15) is 18.2 Å². The molecule has 6 nitrogen and oxygen atoms in total. The first-order valence-electron chi connectivity index (χ1n) is 6.51. The highest BCUT2D eigenvalue weighted by Crippen LogP contribution is 2.31. The molecule has 21 heavy (non-hydrogen) atoms. The Hall–Kier alpha value is -2.81.